The van der Waals surface area contributed by atoms with Crippen LogP contribution in [0.2, 0.25) is 5.02 Å². The Kier molecular flexibility index (Phi) is 5.61. The Morgan fingerprint density at radius 1 is 1.29 bits per heavy atom. The first-order valence-electron chi connectivity index (χ1n) is 5.92. The molecule has 0 aliphatic carbocycles. The lowest BCUT2D eigenvalue weighted by molar-refractivity contribution is -0.385. The second-order valence-corrected chi connectivity index (χ2v) is 5.99. The highest BCUT2D eigenvalue weighted by molar-refractivity contribution is 9.10. The van der Waals surface area contributed by atoms with Crippen molar-refractivity contribution < 1.29 is 9.66 Å². The maximum absolute atomic E-state index is 11.0. The fraction of sp³-hybridized carbons (Fsp3) is 0.143. The van der Waals surface area contributed by atoms with Gasteiger partial charge in [0.05, 0.1) is 15.5 Å². The molecule has 21 heavy (non-hydrogen) atoms. The zero-order valence-corrected chi connectivity index (χ0v) is 14.6. The topological polar surface area (TPSA) is 52.4 Å². The Labute approximate surface area is 143 Å². The van der Waals surface area contributed by atoms with E-state index in [-0.39, 0.29) is 12.3 Å². The zero-order valence-electron chi connectivity index (χ0n) is 10.7. The van der Waals surface area contributed by atoms with Crippen molar-refractivity contribution in [2.75, 3.05) is 0 Å². The van der Waals surface area contributed by atoms with Crippen molar-refractivity contribution in [1.29, 1.82) is 0 Å². The van der Waals surface area contributed by atoms with E-state index in [1.54, 1.807) is 18.2 Å². The molecule has 7 heteroatoms. The SMILES string of the molecule is O=[N+]([O-])c1cccc(Cl)c1COc1ccc(Br)c(CBr)c1. The normalized spacial score (nSPS) is 10.4. The molecular weight excluding hydrogens is 425 g/mol. The summed E-state index contributed by atoms with van der Waals surface area (Å²) in [6.45, 7) is 0.0410. The van der Waals surface area contributed by atoms with Gasteiger partial charge in [0.1, 0.15) is 12.4 Å². The summed E-state index contributed by atoms with van der Waals surface area (Å²) in [7, 11) is 0. The van der Waals surface area contributed by atoms with Crippen molar-refractivity contribution in [3.8, 4) is 5.75 Å². The van der Waals surface area contributed by atoms with Gasteiger partial charge in [-0.3, -0.25) is 10.1 Å². The summed E-state index contributed by atoms with van der Waals surface area (Å²) in [5.41, 5.74) is 1.36. The smallest absolute Gasteiger partial charge is 0.277 e. The summed E-state index contributed by atoms with van der Waals surface area (Å²) in [4.78, 5) is 10.5. The summed E-state index contributed by atoms with van der Waals surface area (Å²) in [6, 6.07) is 10.1. The molecule has 2 aromatic rings. The fourth-order valence-corrected chi connectivity index (χ4v) is 3.21. The molecule has 2 rings (SSSR count). The van der Waals surface area contributed by atoms with E-state index in [2.05, 4.69) is 31.9 Å². The van der Waals surface area contributed by atoms with Crippen LogP contribution in [0.25, 0.3) is 0 Å². The number of hydrogen-bond acceptors (Lipinski definition) is 3. The molecule has 0 heterocycles. The minimum absolute atomic E-state index is 0.0410. The van der Waals surface area contributed by atoms with Crippen LogP contribution >= 0.6 is 43.5 Å². The van der Waals surface area contributed by atoms with Gasteiger partial charge in [0.15, 0.2) is 0 Å². The number of benzene rings is 2. The van der Waals surface area contributed by atoms with E-state index in [1.807, 2.05) is 12.1 Å². The Morgan fingerprint density at radius 3 is 2.71 bits per heavy atom. The first-order valence-corrected chi connectivity index (χ1v) is 8.21. The number of ether oxygens (including phenoxy) is 1. The van der Waals surface area contributed by atoms with Crippen LogP contribution in [0.3, 0.4) is 0 Å². The second kappa shape index (κ2) is 7.24. The molecular formula is C14H10Br2ClNO3. The minimum Gasteiger partial charge on any atom is -0.489 e. The van der Waals surface area contributed by atoms with Gasteiger partial charge < -0.3 is 4.74 Å². The van der Waals surface area contributed by atoms with Crippen molar-refractivity contribution in [2.45, 2.75) is 11.9 Å². The number of alkyl halides is 1. The monoisotopic (exact) mass is 433 g/mol. The van der Waals surface area contributed by atoms with Crippen molar-refractivity contribution in [3.05, 3.63) is 67.1 Å². The molecule has 0 N–H and O–H groups in total. The first-order chi connectivity index (χ1) is 10.0. The number of nitro groups is 1. The van der Waals surface area contributed by atoms with Crippen molar-refractivity contribution >= 4 is 49.1 Å². The van der Waals surface area contributed by atoms with Gasteiger partial charge in [-0.25, -0.2) is 0 Å². The van der Waals surface area contributed by atoms with E-state index in [4.69, 9.17) is 16.3 Å². The molecule has 0 saturated heterocycles. The van der Waals surface area contributed by atoms with Crippen LogP contribution in [-0.2, 0) is 11.9 Å². The van der Waals surface area contributed by atoms with Crippen LogP contribution in [0.4, 0.5) is 5.69 Å². The van der Waals surface area contributed by atoms with Crippen LogP contribution in [0.5, 0.6) is 5.75 Å². The highest BCUT2D eigenvalue weighted by Gasteiger charge is 2.17. The molecule has 0 fully saturated rings. The average Bonchev–Trinajstić information content (AvgIpc) is 2.47. The van der Waals surface area contributed by atoms with Crippen LogP contribution in [0.15, 0.2) is 40.9 Å². The second-order valence-electron chi connectivity index (χ2n) is 4.17. The standard InChI is InChI=1S/C14H10Br2ClNO3/c15-7-9-6-10(4-5-12(9)16)21-8-11-13(17)2-1-3-14(11)18(19)20/h1-6H,7-8H2. The molecule has 4 nitrogen and oxygen atoms in total. The molecule has 2 aromatic carbocycles. The summed E-state index contributed by atoms with van der Waals surface area (Å²) in [6.07, 6.45) is 0. The zero-order chi connectivity index (χ0) is 15.4. The van der Waals surface area contributed by atoms with Crippen LogP contribution in [0, 0.1) is 10.1 Å². The molecule has 0 aromatic heterocycles. The number of hydrogen-bond donors (Lipinski definition) is 0. The Balaban J connectivity index is 2.22. The maximum atomic E-state index is 11.0. The molecule has 0 radical (unpaired) electrons. The minimum atomic E-state index is -0.462. The maximum Gasteiger partial charge on any atom is 0.277 e. The Bertz CT molecular complexity index is 679. The van der Waals surface area contributed by atoms with Gasteiger partial charge >= 0.3 is 0 Å². The Morgan fingerprint density at radius 2 is 2.05 bits per heavy atom. The lowest BCUT2D eigenvalue weighted by Crippen LogP contribution is -2.01. The predicted molar refractivity (Wildman–Crippen MR) is 89.2 cm³/mol. The van der Waals surface area contributed by atoms with Crippen LogP contribution in [-0.4, -0.2) is 4.92 Å². The van der Waals surface area contributed by atoms with Crippen molar-refractivity contribution in [3.63, 3.8) is 0 Å². The summed E-state index contributed by atoms with van der Waals surface area (Å²) < 4.78 is 6.60. The predicted octanol–water partition coefficient (Wildman–Crippen LogP) is 5.48. The van der Waals surface area contributed by atoms with Crippen molar-refractivity contribution in [2.24, 2.45) is 0 Å². The molecule has 0 bridgehead atoms. The van der Waals surface area contributed by atoms with Gasteiger partial charge in [0, 0.05) is 15.9 Å². The van der Waals surface area contributed by atoms with Gasteiger partial charge in [0.2, 0.25) is 0 Å². The molecule has 0 spiro atoms. The summed E-state index contributed by atoms with van der Waals surface area (Å²) in [5, 5.41) is 12.0. The molecule has 0 atom stereocenters. The van der Waals surface area contributed by atoms with Gasteiger partial charge in [0.25, 0.3) is 5.69 Å². The number of nitro benzene ring substituents is 1. The van der Waals surface area contributed by atoms with Crippen molar-refractivity contribution in [1.82, 2.24) is 0 Å². The third kappa shape index (κ3) is 3.96. The molecule has 0 saturated carbocycles. The fourth-order valence-electron chi connectivity index (χ4n) is 1.76. The largest absolute Gasteiger partial charge is 0.489 e. The van der Waals surface area contributed by atoms with Gasteiger partial charge in [-0.05, 0) is 29.8 Å². The lowest BCUT2D eigenvalue weighted by atomic mass is 10.2. The van der Waals surface area contributed by atoms with E-state index in [0.717, 1.165) is 10.0 Å². The molecule has 110 valence electrons. The van der Waals surface area contributed by atoms with E-state index < -0.39 is 4.92 Å². The summed E-state index contributed by atoms with van der Waals surface area (Å²) in [5.74, 6) is 0.627. The van der Waals surface area contributed by atoms with Crippen LogP contribution < -0.4 is 4.74 Å². The molecule has 0 unspecified atom stereocenters. The van der Waals surface area contributed by atoms with E-state index in [9.17, 15) is 10.1 Å². The third-order valence-corrected chi connectivity index (χ3v) is 4.57. The number of nitrogens with zero attached hydrogens (tertiary/aromatic N) is 1. The van der Waals surface area contributed by atoms with Gasteiger partial charge in [-0.1, -0.05) is 49.5 Å². The van der Waals surface area contributed by atoms with E-state index in [1.165, 1.54) is 6.07 Å². The van der Waals surface area contributed by atoms with Crippen LogP contribution in [0.1, 0.15) is 11.1 Å². The Hall–Kier alpha value is -1.11. The first kappa shape index (κ1) is 16.3. The molecule has 0 aliphatic heterocycles. The number of rotatable bonds is 5. The number of halogens is 3. The average molecular weight is 435 g/mol. The van der Waals surface area contributed by atoms with Gasteiger partial charge in [-0.2, -0.15) is 0 Å². The third-order valence-electron chi connectivity index (χ3n) is 2.84. The lowest BCUT2D eigenvalue weighted by Gasteiger charge is -2.10. The molecule has 0 aliphatic rings. The summed E-state index contributed by atoms with van der Waals surface area (Å²) >= 11 is 12.8. The highest BCUT2D eigenvalue weighted by atomic mass is 79.9. The molecule has 0 amide bonds. The van der Waals surface area contributed by atoms with E-state index in [0.29, 0.717) is 21.7 Å². The van der Waals surface area contributed by atoms with E-state index >= 15 is 0 Å². The quantitative estimate of drug-likeness (QED) is 0.355. The highest BCUT2D eigenvalue weighted by Crippen LogP contribution is 2.29. The van der Waals surface area contributed by atoms with Gasteiger partial charge in [-0.15, -0.1) is 0 Å².